The van der Waals surface area contributed by atoms with Crippen molar-refractivity contribution in [3.63, 3.8) is 0 Å². The molecule has 2 aromatic rings. The maximum Gasteiger partial charge on any atom is 0.158 e. The molecule has 2 aliphatic heterocycles. The topological polar surface area (TPSA) is 35.8 Å². The van der Waals surface area contributed by atoms with Crippen LogP contribution in [0.4, 0.5) is 0 Å². The Hall–Kier alpha value is -2.11. The van der Waals surface area contributed by atoms with Crippen LogP contribution in [0.1, 0.15) is 28.3 Å². The van der Waals surface area contributed by atoms with Gasteiger partial charge in [0.05, 0.1) is 6.07 Å². The highest BCUT2D eigenvalue weighted by Crippen LogP contribution is 2.47. The lowest BCUT2D eigenvalue weighted by molar-refractivity contribution is 0.434. The average molecular weight is 232 g/mol. The average Bonchev–Trinajstić information content (AvgIpc) is 2.71. The Bertz CT molecular complexity index is 670. The van der Waals surface area contributed by atoms with Crippen LogP contribution < -0.4 is 5.32 Å². The third-order valence-corrected chi connectivity index (χ3v) is 4.14. The molecular weight excluding hydrogens is 220 g/mol. The second-order valence-electron chi connectivity index (χ2n) is 5.01. The fraction of sp³-hybridized carbons (Fsp3) is 0.188. The highest BCUT2D eigenvalue weighted by Gasteiger charge is 2.49. The summed E-state index contributed by atoms with van der Waals surface area (Å²) < 4.78 is 0. The number of nitriles is 1. The predicted molar refractivity (Wildman–Crippen MR) is 68.9 cm³/mol. The van der Waals surface area contributed by atoms with E-state index in [1.807, 2.05) is 12.1 Å². The first kappa shape index (κ1) is 9.87. The van der Waals surface area contributed by atoms with Gasteiger partial charge in [0.25, 0.3) is 0 Å². The fourth-order valence-corrected chi connectivity index (χ4v) is 3.38. The second-order valence-corrected chi connectivity index (χ2v) is 5.01. The van der Waals surface area contributed by atoms with Crippen molar-refractivity contribution < 1.29 is 0 Å². The fourth-order valence-electron chi connectivity index (χ4n) is 3.38. The lowest BCUT2D eigenvalue weighted by Gasteiger charge is -2.31. The van der Waals surface area contributed by atoms with E-state index in [4.69, 9.17) is 0 Å². The zero-order chi connectivity index (χ0) is 12.2. The molecule has 86 valence electrons. The van der Waals surface area contributed by atoms with Gasteiger partial charge in [0, 0.05) is 6.04 Å². The van der Waals surface area contributed by atoms with Gasteiger partial charge in [-0.25, -0.2) is 0 Å². The van der Waals surface area contributed by atoms with Crippen LogP contribution in [0.15, 0.2) is 48.5 Å². The molecule has 0 spiro atoms. The standard InChI is InChI=1S/C16H12N2/c17-10-16-13-7-3-1-5-11(13)9-15(18-16)12-6-2-4-8-14(12)16/h1-8,15,18H,9H2/t15-,16+/m0/s1. The third kappa shape index (κ3) is 1.01. The van der Waals surface area contributed by atoms with Crippen LogP contribution in [0.25, 0.3) is 0 Å². The summed E-state index contributed by atoms with van der Waals surface area (Å²) in [5, 5.41) is 13.3. The Morgan fingerprint density at radius 1 is 1.06 bits per heavy atom. The summed E-state index contributed by atoms with van der Waals surface area (Å²) >= 11 is 0. The molecule has 18 heavy (non-hydrogen) atoms. The maximum atomic E-state index is 9.75. The Labute approximate surface area is 106 Å². The molecule has 0 amide bonds. The number of rotatable bonds is 0. The Morgan fingerprint density at radius 2 is 1.78 bits per heavy atom. The predicted octanol–water partition coefficient (Wildman–Crippen LogP) is 2.65. The maximum absolute atomic E-state index is 9.75. The molecule has 0 radical (unpaired) electrons. The van der Waals surface area contributed by atoms with Crippen molar-refractivity contribution in [3.8, 4) is 6.07 Å². The molecule has 0 saturated heterocycles. The van der Waals surface area contributed by atoms with Gasteiger partial charge in [-0.3, -0.25) is 5.32 Å². The number of hydrogen-bond acceptors (Lipinski definition) is 2. The van der Waals surface area contributed by atoms with Gasteiger partial charge in [0.1, 0.15) is 0 Å². The highest BCUT2D eigenvalue weighted by molar-refractivity contribution is 5.58. The molecule has 0 aromatic heterocycles. The van der Waals surface area contributed by atoms with E-state index >= 15 is 0 Å². The summed E-state index contributed by atoms with van der Waals surface area (Å²) in [4.78, 5) is 0. The van der Waals surface area contributed by atoms with Crippen LogP contribution >= 0.6 is 0 Å². The largest absolute Gasteiger partial charge is 0.285 e. The Morgan fingerprint density at radius 3 is 2.61 bits per heavy atom. The molecule has 0 fully saturated rings. The summed E-state index contributed by atoms with van der Waals surface area (Å²) in [6.07, 6.45) is 0.969. The molecule has 2 bridgehead atoms. The van der Waals surface area contributed by atoms with E-state index in [0.717, 1.165) is 17.5 Å². The zero-order valence-electron chi connectivity index (χ0n) is 9.85. The molecule has 1 N–H and O–H groups in total. The normalized spacial score (nSPS) is 27.2. The van der Waals surface area contributed by atoms with Gasteiger partial charge >= 0.3 is 0 Å². The van der Waals surface area contributed by atoms with E-state index < -0.39 is 5.54 Å². The van der Waals surface area contributed by atoms with Crippen LogP contribution in [0.2, 0.25) is 0 Å². The number of nitrogens with zero attached hydrogens (tertiary/aromatic N) is 1. The van der Waals surface area contributed by atoms with Crippen molar-refractivity contribution in [1.29, 1.82) is 5.26 Å². The first-order valence-corrected chi connectivity index (χ1v) is 6.22. The molecule has 2 nitrogen and oxygen atoms in total. The third-order valence-electron chi connectivity index (χ3n) is 4.14. The van der Waals surface area contributed by atoms with E-state index in [0.29, 0.717) is 0 Å². The number of benzene rings is 2. The van der Waals surface area contributed by atoms with Gasteiger partial charge in [-0.1, -0.05) is 48.5 Å². The smallest absolute Gasteiger partial charge is 0.158 e. The van der Waals surface area contributed by atoms with E-state index in [1.165, 1.54) is 11.1 Å². The molecule has 4 rings (SSSR count). The SMILES string of the molecule is N#C[C@@]12N[C@@H](Cc3ccccc31)c1ccccc12. The minimum atomic E-state index is -0.643. The van der Waals surface area contributed by atoms with Gasteiger partial charge in [0.2, 0.25) is 0 Å². The van der Waals surface area contributed by atoms with E-state index in [-0.39, 0.29) is 6.04 Å². The van der Waals surface area contributed by atoms with Gasteiger partial charge in [-0.05, 0) is 28.7 Å². The molecule has 2 atom stereocenters. The monoisotopic (exact) mass is 232 g/mol. The number of hydrogen-bond donors (Lipinski definition) is 1. The molecule has 0 saturated carbocycles. The van der Waals surface area contributed by atoms with E-state index in [9.17, 15) is 5.26 Å². The summed E-state index contributed by atoms with van der Waals surface area (Å²) in [7, 11) is 0. The van der Waals surface area contributed by atoms with Gasteiger partial charge in [-0.2, -0.15) is 5.26 Å². The van der Waals surface area contributed by atoms with Crippen molar-refractivity contribution in [2.45, 2.75) is 18.0 Å². The lowest BCUT2D eigenvalue weighted by atomic mass is 9.82. The second kappa shape index (κ2) is 3.22. The molecule has 0 unspecified atom stereocenters. The van der Waals surface area contributed by atoms with Crippen molar-refractivity contribution in [3.05, 3.63) is 70.8 Å². The van der Waals surface area contributed by atoms with Crippen LogP contribution in [-0.4, -0.2) is 0 Å². The molecule has 2 heterocycles. The van der Waals surface area contributed by atoms with Crippen molar-refractivity contribution >= 4 is 0 Å². The van der Waals surface area contributed by atoms with E-state index in [1.54, 1.807) is 0 Å². The quantitative estimate of drug-likeness (QED) is 0.758. The van der Waals surface area contributed by atoms with Crippen molar-refractivity contribution in [1.82, 2.24) is 5.32 Å². The summed E-state index contributed by atoms with van der Waals surface area (Å²) in [5.41, 5.74) is 4.17. The lowest BCUT2D eigenvalue weighted by Crippen LogP contribution is -2.42. The first-order valence-electron chi connectivity index (χ1n) is 6.22. The van der Waals surface area contributed by atoms with Crippen LogP contribution in [0.5, 0.6) is 0 Å². The minimum Gasteiger partial charge on any atom is -0.285 e. The minimum absolute atomic E-state index is 0.274. The molecule has 2 heteroatoms. The first-order chi connectivity index (χ1) is 8.85. The molecule has 2 aliphatic rings. The highest BCUT2D eigenvalue weighted by atomic mass is 15.1. The number of fused-ring (bicyclic) bond motifs is 7. The van der Waals surface area contributed by atoms with Crippen LogP contribution in [0, 0.1) is 11.3 Å². The Kier molecular flexibility index (Phi) is 1.76. The summed E-state index contributed by atoms with van der Waals surface area (Å²) in [5.74, 6) is 0. The summed E-state index contributed by atoms with van der Waals surface area (Å²) in [6.45, 7) is 0. The van der Waals surface area contributed by atoms with E-state index in [2.05, 4.69) is 47.8 Å². The van der Waals surface area contributed by atoms with Crippen LogP contribution in [-0.2, 0) is 12.0 Å². The van der Waals surface area contributed by atoms with Crippen molar-refractivity contribution in [2.75, 3.05) is 0 Å². The number of nitrogens with one attached hydrogen (secondary N) is 1. The molecule has 0 aliphatic carbocycles. The van der Waals surface area contributed by atoms with Gasteiger partial charge in [-0.15, -0.1) is 0 Å². The molecular formula is C16H12N2. The van der Waals surface area contributed by atoms with Gasteiger partial charge < -0.3 is 0 Å². The molecule has 2 aromatic carbocycles. The summed E-state index contributed by atoms with van der Waals surface area (Å²) in [6, 6.07) is 19.4. The zero-order valence-corrected chi connectivity index (χ0v) is 9.85. The van der Waals surface area contributed by atoms with Crippen LogP contribution in [0.3, 0.4) is 0 Å². The Balaban J connectivity index is 2.09. The van der Waals surface area contributed by atoms with Crippen molar-refractivity contribution in [2.24, 2.45) is 0 Å². The van der Waals surface area contributed by atoms with Gasteiger partial charge in [0.15, 0.2) is 5.54 Å².